The van der Waals surface area contributed by atoms with Gasteiger partial charge in [0.1, 0.15) is 22.7 Å². The van der Waals surface area contributed by atoms with Crippen LogP contribution in [0.15, 0.2) is 84.9 Å². The van der Waals surface area contributed by atoms with Crippen molar-refractivity contribution >= 4 is 66.0 Å². The highest BCUT2D eigenvalue weighted by Gasteiger charge is 2.35. The molecule has 4 saturated carbocycles. The van der Waals surface area contributed by atoms with E-state index in [-0.39, 0.29) is 43.0 Å². The summed E-state index contributed by atoms with van der Waals surface area (Å²) >= 11 is 0. The number of rotatable bonds is 25. The number of para-hydroxylation sites is 2. The van der Waals surface area contributed by atoms with Gasteiger partial charge in [-0.05, 0) is 204 Å². The summed E-state index contributed by atoms with van der Waals surface area (Å²) in [5.74, 6) is 1.44. The second kappa shape index (κ2) is 35.2. The lowest BCUT2D eigenvalue weighted by atomic mass is 9.81. The molecule has 0 unspecified atom stereocenters. The molecule has 21 nitrogen and oxygen atoms in total. The van der Waals surface area contributed by atoms with E-state index >= 15 is 0 Å². The summed E-state index contributed by atoms with van der Waals surface area (Å²) in [6.07, 6.45) is 24.2. The molecule has 0 aliphatic heterocycles. The Balaban J connectivity index is 0.000000237. The molecule has 23 heteroatoms. The van der Waals surface area contributed by atoms with Gasteiger partial charge in [-0.3, -0.25) is 9.59 Å². The molecule has 2 amide bonds. The first-order valence-electron chi connectivity index (χ1n) is 35.9. The molecule has 7 N–H and O–H groups in total. The fourth-order valence-electron chi connectivity index (χ4n) is 14.6. The number of hydrogen-bond donors (Lipinski definition) is 4. The lowest BCUT2D eigenvalue weighted by molar-refractivity contribution is -0.132. The van der Waals surface area contributed by atoms with Gasteiger partial charge in [-0.2, -0.15) is 21.1 Å². The molecule has 0 saturated heterocycles. The third-order valence-electron chi connectivity index (χ3n) is 19.4. The monoisotopic (exact) mass is 1410 g/mol. The second-order valence-corrected chi connectivity index (χ2v) is 32.3. The molecular weight excluding hydrogens is 1300 g/mol. The number of ether oxygens (including phenoxy) is 4. The molecule has 0 bridgehead atoms. The number of nitrogens with two attached hydrogens (primary N) is 3. The third kappa shape index (κ3) is 21.8. The van der Waals surface area contributed by atoms with Crippen LogP contribution in [0.25, 0.3) is 44.3 Å². The molecule has 99 heavy (non-hydrogen) atoms. The Morgan fingerprint density at radius 3 is 1.22 bits per heavy atom. The van der Waals surface area contributed by atoms with Gasteiger partial charge < -0.3 is 43.2 Å². The quantitative estimate of drug-likeness (QED) is 0.0307. The minimum atomic E-state index is -3.72. The number of aromatic nitrogens is 2. The molecule has 544 valence electrons. The van der Waals surface area contributed by atoms with Crippen LogP contribution in [0.3, 0.4) is 0 Å². The van der Waals surface area contributed by atoms with Crippen LogP contribution in [0.5, 0.6) is 11.5 Å². The van der Waals surface area contributed by atoms with Crippen molar-refractivity contribution in [2.75, 3.05) is 67.6 Å². The molecule has 4 aromatic carbocycles. The Hall–Kier alpha value is -6.86. The van der Waals surface area contributed by atoms with Gasteiger partial charge >= 0.3 is 11.9 Å². The smallest absolute Gasteiger partial charge is 0.338 e. The number of amides is 2. The Labute approximate surface area is 588 Å². The Kier molecular flexibility index (Phi) is 27.7. The largest absolute Gasteiger partial charge is 0.483 e. The second-order valence-electron chi connectivity index (χ2n) is 29.5. The minimum Gasteiger partial charge on any atom is -0.483 e. The Morgan fingerprint density at radius 1 is 0.505 bits per heavy atom. The third-order valence-corrected chi connectivity index (χ3v) is 20.5. The van der Waals surface area contributed by atoms with Gasteiger partial charge in [-0.1, -0.05) is 101 Å². The van der Waals surface area contributed by atoms with Crippen molar-refractivity contribution in [3.63, 3.8) is 0 Å². The van der Waals surface area contributed by atoms with Crippen LogP contribution < -0.4 is 30.2 Å². The van der Waals surface area contributed by atoms with Crippen LogP contribution in [-0.2, 0) is 39.5 Å². The maximum absolute atomic E-state index is 13.3. The molecule has 4 fully saturated rings. The molecule has 0 spiro atoms. The number of likely N-dealkylation sites (N-methyl/N-ethyl adjacent to an activating group) is 2. The van der Waals surface area contributed by atoms with E-state index in [0.717, 1.165) is 122 Å². The number of carbonyl (C=O) groups is 4. The number of benzene rings is 4. The zero-order chi connectivity index (χ0) is 71.8. The summed E-state index contributed by atoms with van der Waals surface area (Å²) in [5.41, 5.74) is 9.18. The van der Waals surface area contributed by atoms with Crippen molar-refractivity contribution in [3.8, 4) is 34.0 Å². The average molecular weight is 1410 g/mol. The van der Waals surface area contributed by atoms with Gasteiger partial charge in [-0.15, -0.1) is 0 Å². The lowest BCUT2D eigenvalue weighted by Crippen LogP contribution is -2.35. The maximum atomic E-state index is 13.3. The summed E-state index contributed by atoms with van der Waals surface area (Å²) in [6.45, 7) is 13.7. The molecule has 4 aliphatic carbocycles. The first kappa shape index (κ1) is 77.9. The van der Waals surface area contributed by atoms with E-state index in [4.69, 9.17) is 24.1 Å². The van der Waals surface area contributed by atoms with Gasteiger partial charge in [0.05, 0.1) is 22.5 Å². The van der Waals surface area contributed by atoms with Crippen molar-refractivity contribution in [2.24, 2.45) is 15.4 Å². The van der Waals surface area contributed by atoms with Crippen molar-refractivity contribution < 1.29 is 55.0 Å². The van der Waals surface area contributed by atoms with Crippen molar-refractivity contribution in [1.29, 1.82) is 0 Å². The molecule has 6 aromatic rings. The van der Waals surface area contributed by atoms with Gasteiger partial charge in [-0.25, -0.2) is 25.0 Å². The molecule has 10 rings (SSSR count). The average Bonchev–Trinajstić information content (AvgIpc) is 1.59. The predicted octanol–water partition coefficient (Wildman–Crippen LogP) is 13.6. The Morgan fingerprint density at radius 2 is 0.859 bits per heavy atom. The van der Waals surface area contributed by atoms with E-state index in [9.17, 15) is 36.0 Å². The highest BCUT2D eigenvalue weighted by Crippen LogP contribution is 2.52. The molecule has 4 aliphatic rings. The predicted molar refractivity (Wildman–Crippen MR) is 393 cm³/mol. The van der Waals surface area contributed by atoms with Crippen LogP contribution in [-0.4, -0.2) is 143 Å². The molecule has 0 atom stereocenters. The zero-order valence-corrected chi connectivity index (χ0v) is 62.0. The van der Waals surface area contributed by atoms with E-state index in [2.05, 4.69) is 61.1 Å². The fourth-order valence-corrected chi connectivity index (χ4v) is 15.0. The maximum Gasteiger partial charge on any atom is 0.338 e. The summed E-state index contributed by atoms with van der Waals surface area (Å²) in [4.78, 5) is 56.3. The number of nitrogens with one attached hydrogen (secondary N) is 1. The van der Waals surface area contributed by atoms with Gasteiger partial charge in [0.15, 0.2) is 13.2 Å². The fraction of sp³-hybridized carbons (Fsp3) is 0.579. The van der Waals surface area contributed by atoms with Crippen LogP contribution in [0.4, 0.5) is 0 Å². The number of nitrogens with zero attached hydrogens (tertiary/aromatic N) is 5. The SMILES string of the molecule is CN(CCCCN(C)S(N)(=O)=O)C(=O)COc1ccccc1-c1c(C2CCCCC2)c2ccc(C(=O)OC(C)(C)C)cc2n1C1CCCC1.CNCCCCN(C)C(=O)COc1ccccc1-c1c(C2CCCCC2)c2ccc(C(=O)OC(C)(C)C)cc2n1C1CCCC1.NS(N)(=O)=O. The number of unbranched alkanes of at least 4 members (excludes halogenated alkanes) is 2. The zero-order valence-electron chi connectivity index (χ0n) is 60.4. The van der Waals surface area contributed by atoms with Crippen molar-refractivity contribution in [1.82, 2.24) is 28.6 Å². The highest BCUT2D eigenvalue weighted by molar-refractivity contribution is 7.87. The molecule has 2 aromatic heterocycles. The lowest BCUT2D eigenvalue weighted by Gasteiger charge is -2.26. The van der Waals surface area contributed by atoms with Crippen molar-refractivity contribution in [3.05, 3.63) is 107 Å². The standard InChI is InChI=1S/C38H54N4O6S.C38H53N3O4.H4N2O2S/c1-38(2,3)48-37(44)28-21-22-30-32(25-28)42(29-17-9-10-18-29)36(35(30)27-15-7-6-8-16-27)31-19-11-12-20-33(31)47-26-34(43)40(4)23-13-14-24-41(5)49(39,45)46;1-38(2,3)45-37(43)28-21-22-30-32(25-28)41(29-17-9-10-18-29)36(35(30)27-15-7-6-8-16-27)31-19-11-12-20-33(31)44-26-34(42)40(5)24-14-13-23-39-4;1-5(2,3)4/h11-12,19-22,25,27,29H,6-10,13-18,23-24,26H2,1-5H3,(H2,39,45,46);11-12,19-22,25,27,29,39H,6-10,13-18,23-24,26H2,1-5H3;(H4,1,2,3,4). The summed E-state index contributed by atoms with van der Waals surface area (Å²) < 4.78 is 71.7. The van der Waals surface area contributed by atoms with Crippen LogP contribution >= 0.6 is 0 Å². The number of hydrogen-bond acceptors (Lipinski definition) is 13. The summed E-state index contributed by atoms with van der Waals surface area (Å²) in [7, 11) is -0.389. The van der Waals surface area contributed by atoms with E-state index in [1.54, 1.807) is 16.8 Å². The normalized spacial score (nSPS) is 16.1. The Bertz CT molecular complexity index is 3930. The van der Waals surface area contributed by atoms with Gasteiger partial charge in [0.25, 0.3) is 32.2 Å². The van der Waals surface area contributed by atoms with Gasteiger partial charge in [0, 0.05) is 85.8 Å². The number of carbonyl (C=O) groups excluding carboxylic acids is 4. The van der Waals surface area contributed by atoms with E-state index < -0.39 is 31.6 Å². The minimum absolute atomic E-state index is 0.00471. The van der Waals surface area contributed by atoms with Crippen LogP contribution in [0.2, 0.25) is 0 Å². The molecule has 2 heterocycles. The molecular formula is C76H111N9O12S2. The van der Waals surface area contributed by atoms with E-state index in [1.807, 2.05) is 104 Å². The number of fused-ring (bicyclic) bond motifs is 2. The van der Waals surface area contributed by atoms with Gasteiger partial charge in [0.2, 0.25) is 0 Å². The highest BCUT2D eigenvalue weighted by atomic mass is 32.2. The first-order chi connectivity index (χ1) is 46.9. The number of esters is 2. The molecule has 0 radical (unpaired) electrons. The van der Waals surface area contributed by atoms with E-state index in [1.165, 1.54) is 86.0 Å². The topological polar surface area (TPSA) is 283 Å². The van der Waals surface area contributed by atoms with Crippen molar-refractivity contribution in [2.45, 2.75) is 218 Å². The van der Waals surface area contributed by atoms with Crippen LogP contribution in [0, 0.1) is 0 Å². The van der Waals surface area contributed by atoms with E-state index in [0.29, 0.717) is 67.2 Å². The summed E-state index contributed by atoms with van der Waals surface area (Å²) in [5, 5.41) is 19.0. The van der Waals surface area contributed by atoms with Crippen LogP contribution in [0.1, 0.15) is 239 Å². The summed E-state index contributed by atoms with van der Waals surface area (Å²) in [6, 6.07) is 29.1. The first-order valence-corrected chi connectivity index (χ1v) is 39.0.